The highest BCUT2D eigenvalue weighted by atomic mass is 16.4. The van der Waals surface area contributed by atoms with Gasteiger partial charge >= 0.3 is 5.97 Å². The van der Waals surface area contributed by atoms with E-state index < -0.39 is 24.3 Å². The van der Waals surface area contributed by atoms with E-state index in [0.717, 1.165) is 36.9 Å². The number of rotatable bonds is 11. The topological polar surface area (TPSA) is 110 Å². The number of aliphatic imine (C=N–C) groups is 1. The summed E-state index contributed by atoms with van der Waals surface area (Å²) < 4.78 is 0. The molecule has 154 valence electrons. The van der Waals surface area contributed by atoms with Gasteiger partial charge < -0.3 is 20.4 Å². The Labute approximate surface area is 166 Å². The number of aliphatic hydroxyl groups excluding tert-OH is 3. The van der Waals surface area contributed by atoms with Crippen molar-refractivity contribution in [2.45, 2.75) is 69.7 Å². The molecule has 4 atom stereocenters. The van der Waals surface area contributed by atoms with Gasteiger partial charge in [-0.3, -0.25) is 9.79 Å². The van der Waals surface area contributed by atoms with E-state index >= 15 is 0 Å². The molecule has 1 fully saturated rings. The van der Waals surface area contributed by atoms with Crippen molar-refractivity contribution in [3.05, 3.63) is 42.0 Å². The van der Waals surface area contributed by atoms with Gasteiger partial charge in [0.05, 0.1) is 24.0 Å². The van der Waals surface area contributed by atoms with Crippen molar-refractivity contribution in [1.29, 1.82) is 0 Å². The number of para-hydroxylation sites is 1. The van der Waals surface area contributed by atoms with E-state index in [1.165, 1.54) is 6.21 Å². The molecule has 6 heteroatoms. The molecule has 1 aromatic carbocycles. The molecule has 0 aliphatic heterocycles. The number of carboxylic acid groups (broad SMARTS) is 1. The molecular formula is C22H31NO5. The Hall–Kier alpha value is -2.02. The van der Waals surface area contributed by atoms with E-state index in [2.05, 4.69) is 4.99 Å². The van der Waals surface area contributed by atoms with Gasteiger partial charge in [-0.15, -0.1) is 0 Å². The SMILES string of the molecule is O=C(O)CCCCCC[C@@H]1/C(=C\CC(O)C=Nc2ccccc2)[C@H](O)C[C@@H]1O. The molecule has 1 saturated carbocycles. The van der Waals surface area contributed by atoms with E-state index in [9.17, 15) is 20.1 Å². The predicted molar refractivity (Wildman–Crippen MR) is 109 cm³/mol. The summed E-state index contributed by atoms with van der Waals surface area (Å²) >= 11 is 0. The Balaban J connectivity index is 1.82. The summed E-state index contributed by atoms with van der Waals surface area (Å²) in [6, 6.07) is 9.36. The second-order valence-corrected chi connectivity index (χ2v) is 7.39. The fraction of sp³-hybridized carbons (Fsp3) is 0.545. The van der Waals surface area contributed by atoms with Gasteiger partial charge in [0.1, 0.15) is 0 Å². The third-order valence-corrected chi connectivity index (χ3v) is 5.14. The normalized spacial score (nSPS) is 24.8. The van der Waals surface area contributed by atoms with Gasteiger partial charge in [0.25, 0.3) is 0 Å². The van der Waals surface area contributed by atoms with Crippen LogP contribution in [0.2, 0.25) is 0 Å². The predicted octanol–water partition coefficient (Wildman–Crippen LogP) is 3.23. The summed E-state index contributed by atoms with van der Waals surface area (Å²) in [4.78, 5) is 14.8. The monoisotopic (exact) mass is 389 g/mol. The van der Waals surface area contributed by atoms with Crippen molar-refractivity contribution in [3.63, 3.8) is 0 Å². The highest BCUT2D eigenvalue weighted by Crippen LogP contribution is 2.36. The summed E-state index contributed by atoms with van der Waals surface area (Å²) in [5, 5.41) is 39.3. The highest BCUT2D eigenvalue weighted by Gasteiger charge is 2.35. The first-order chi connectivity index (χ1) is 13.5. The number of aliphatic carboxylic acids is 1. The highest BCUT2D eigenvalue weighted by molar-refractivity contribution is 5.67. The van der Waals surface area contributed by atoms with Crippen LogP contribution >= 0.6 is 0 Å². The number of hydrogen-bond acceptors (Lipinski definition) is 5. The van der Waals surface area contributed by atoms with E-state index in [1.807, 2.05) is 36.4 Å². The van der Waals surface area contributed by atoms with Gasteiger partial charge in [-0.2, -0.15) is 0 Å². The molecule has 0 heterocycles. The Morgan fingerprint density at radius 3 is 2.57 bits per heavy atom. The quantitative estimate of drug-likeness (QED) is 0.264. The smallest absolute Gasteiger partial charge is 0.303 e. The van der Waals surface area contributed by atoms with Crippen molar-refractivity contribution >= 4 is 17.9 Å². The Kier molecular flexibility index (Phi) is 9.34. The fourth-order valence-corrected chi connectivity index (χ4v) is 3.64. The second-order valence-electron chi connectivity index (χ2n) is 7.39. The summed E-state index contributed by atoms with van der Waals surface area (Å²) in [7, 11) is 0. The summed E-state index contributed by atoms with van der Waals surface area (Å²) in [5.74, 6) is -0.873. The molecular weight excluding hydrogens is 358 g/mol. The average molecular weight is 389 g/mol. The zero-order valence-electron chi connectivity index (χ0n) is 16.2. The van der Waals surface area contributed by atoms with E-state index in [-0.39, 0.29) is 12.3 Å². The first-order valence-corrected chi connectivity index (χ1v) is 10.0. The molecule has 0 aromatic heterocycles. The number of aliphatic hydroxyl groups is 3. The van der Waals surface area contributed by atoms with Crippen LogP contribution in [0.25, 0.3) is 0 Å². The van der Waals surface area contributed by atoms with Crippen LogP contribution in [0.3, 0.4) is 0 Å². The molecule has 1 aliphatic rings. The van der Waals surface area contributed by atoms with Gasteiger partial charge in [0.15, 0.2) is 0 Å². The lowest BCUT2D eigenvalue weighted by Gasteiger charge is -2.17. The van der Waals surface area contributed by atoms with Crippen LogP contribution in [0.1, 0.15) is 51.4 Å². The summed E-state index contributed by atoms with van der Waals surface area (Å²) in [6.45, 7) is 0. The Morgan fingerprint density at radius 2 is 1.86 bits per heavy atom. The molecule has 1 aromatic rings. The minimum Gasteiger partial charge on any atom is -0.481 e. The van der Waals surface area contributed by atoms with E-state index in [4.69, 9.17) is 5.11 Å². The molecule has 0 bridgehead atoms. The third-order valence-electron chi connectivity index (χ3n) is 5.14. The number of benzene rings is 1. The van der Waals surface area contributed by atoms with Crippen molar-refractivity contribution < 1.29 is 25.2 Å². The average Bonchev–Trinajstić information content (AvgIpc) is 2.94. The molecule has 0 spiro atoms. The van der Waals surface area contributed by atoms with Crippen LogP contribution in [0.15, 0.2) is 47.0 Å². The number of carboxylic acids is 1. The molecule has 28 heavy (non-hydrogen) atoms. The van der Waals surface area contributed by atoms with Gasteiger partial charge in [-0.05, 0) is 37.0 Å². The van der Waals surface area contributed by atoms with Crippen LogP contribution in [0, 0.1) is 5.92 Å². The molecule has 4 N–H and O–H groups in total. The molecule has 1 aliphatic carbocycles. The molecule has 6 nitrogen and oxygen atoms in total. The fourth-order valence-electron chi connectivity index (χ4n) is 3.64. The van der Waals surface area contributed by atoms with Crippen LogP contribution < -0.4 is 0 Å². The number of nitrogens with zero attached hydrogens (tertiary/aromatic N) is 1. The lowest BCUT2D eigenvalue weighted by molar-refractivity contribution is -0.137. The Bertz CT molecular complexity index is 658. The minimum absolute atomic E-state index is 0.104. The van der Waals surface area contributed by atoms with Crippen LogP contribution in [-0.2, 0) is 4.79 Å². The zero-order chi connectivity index (χ0) is 20.4. The molecule has 0 amide bonds. The zero-order valence-corrected chi connectivity index (χ0v) is 16.2. The molecule has 0 saturated heterocycles. The van der Waals surface area contributed by atoms with Gasteiger partial charge in [0.2, 0.25) is 0 Å². The van der Waals surface area contributed by atoms with Crippen LogP contribution in [-0.4, -0.2) is 50.9 Å². The standard InChI is InChI=1S/C22H31NO5/c24-17(15-23-16-8-4-3-5-9-16)12-13-19-18(20(25)14-21(19)26)10-6-1-2-7-11-22(27)28/h3-5,8-9,13,15,17-18,20-21,24-26H,1-2,6-7,10-12,14H2,(H,27,28)/b19-13+,23-15?/t17?,18-,20+,21-/m1/s1. The number of hydrogen-bond donors (Lipinski definition) is 4. The maximum Gasteiger partial charge on any atom is 0.303 e. The molecule has 1 unspecified atom stereocenters. The molecule has 0 radical (unpaired) electrons. The molecule has 2 rings (SSSR count). The van der Waals surface area contributed by atoms with Gasteiger partial charge in [-0.25, -0.2) is 0 Å². The lowest BCUT2D eigenvalue weighted by Crippen LogP contribution is -2.15. The minimum atomic E-state index is -0.770. The van der Waals surface area contributed by atoms with Crippen LogP contribution in [0.5, 0.6) is 0 Å². The maximum absolute atomic E-state index is 10.5. The van der Waals surface area contributed by atoms with Crippen molar-refractivity contribution in [1.82, 2.24) is 0 Å². The first kappa shape index (κ1) is 22.3. The Morgan fingerprint density at radius 1 is 1.14 bits per heavy atom. The number of unbranched alkanes of at least 4 members (excludes halogenated alkanes) is 3. The van der Waals surface area contributed by atoms with E-state index in [1.54, 1.807) is 0 Å². The van der Waals surface area contributed by atoms with Gasteiger partial charge in [-0.1, -0.05) is 43.5 Å². The third kappa shape index (κ3) is 7.54. The largest absolute Gasteiger partial charge is 0.481 e. The number of carbonyl (C=O) groups is 1. The van der Waals surface area contributed by atoms with Gasteiger partial charge in [0, 0.05) is 25.0 Å². The maximum atomic E-state index is 10.5. The first-order valence-electron chi connectivity index (χ1n) is 10.0. The van der Waals surface area contributed by atoms with E-state index in [0.29, 0.717) is 19.3 Å². The van der Waals surface area contributed by atoms with Crippen molar-refractivity contribution in [2.24, 2.45) is 10.9 Å². The van der Waals surface area contributed by atoms with Crippen molar-refractivity contribution in [3.8, 4) is 0 Å². The van der Waals surface area contributed by atoms with Crippen LogP contribution in [0.4, 0.5) is 5.69 Å². The lowest BCUT2D eigenvalue weighted by atomic mass is 9.92. The summed E-state index contributed by atoms with van der Waals surface area (Å²) in [5.41, 5.74) is 1.57. The van der Waals surface area contributed by atoms with Crippen molar-refractivity contribution in [2.75, 3.05) is 0 Å². The second kappa shape index (κ2) is 11.7. The summed E-state index contributed by atoms with van der Waals surface area (Å²) in [6.07, 6.45) is 6.23.